The summed E-state index contributed by atoms with van der Waals surface area (Å²) in [6.07, 6.45) is 1.79. The number of carbonyl (C=O) groups is 5. The number of carbonyl (C=O) groups excluding carboxylic acids is 4. The molecule has 0 fully saturated rings. The predicted octanol–water partition coefficient (Wildman–Crippen LogP) is -1.54. The number of nitrogens with two attached hydrogens (primary N) is 2. The summed E-state index contributed by atoms with van der Waals surface area (Å²) < 4.78 is 0. The van der Waals surface area contributed by atoms with E-state index in [0.29, 0.717) is 5.75 Å². The predicted molar refractivity (Wildman–Crippen MR) is 122 cm³/mol. The van der Waals surface area contributed by atoms with E-state index in [4.69, 9.17) is 16.6 Å². The van der Waals surface area contributed by atoms with Crippen LogP contribution in [0.3, 0.4) is 0 Å². The lowest BCUT2D eigenvalue weighted by Gasteiger charge is -2.25. The van der Waals surface area contributed by atoms with Crippen LogP contribution in [0.4, 0.5) is 0 Å². The molecule has 0 bridgehead atoms. The van der Waals surface area contributed by atoms with E-state index in [0.717, 1.165) is 0 Å². The molecule has 0 saturated heterocycles. The lowest BCUT2D eigenvalue weighted by molar-refractivity contribution is -0.141. The average molecular weight is 480 g/mol. The van der Waals surface area contributed by atoms with E-state index in [9.17, 15) is 24.0 Å². The first-order valence-corrected chi connectivity index (χ1v) is 11.7. The van der Waals surface area contributed by atoms with E-state index < -0.39 is 53.8 Å². The highest BCUT2D eigenvalue weighted by molar-refractivity contribution is 7.98. The van der Waals surface area contributed by atoms with Gasteiger partial charge >= 0.3 is 5.97 Å². The minimum atomic E-state index is -1.26. The Labute approximate surface area is 191 Å². The molecule has 4 amide bonds. The van der Waals surface area contributed by atoms with Gasteiger partial charge in [0.2, 0.25) is 23.6 Å². The number of carboxylic acid groups (broad SMARTS) is 1. The minimum Gasteiger partial charge on any atom is -0.480 e. The number of thioether (sulfide) groups is 1. The van der Waals surface area contributed by atoms with E-state index >= 15 is 0 Å². The quantitative estimate of drug-likeness (QED) is 0.137. The average Bonchev–Trinajstić information content (AvgIpc) is 2.70. The van der Waals surface area contributed by atoms with Crippen molar-refractivity contribution in [1.29, 1.82) is 0 Å². The van der Waals surface area contributed by atoms with Gasteiger partial charge in [0.15, 0.2) is 0 Å². The van der Waals surface area contributed by atoms with Gasteiger partial charge in [-0.3, -0.25) is 19.2 Å². The molecule has 4 atom stereocenters. The number of aliphatic carboxylic acids is 1. The Hall–Kier alpha value is -1.99. The smallest absolute Gasteiger partial charge is 0.327 e. The molecule has 4 unspecified atom stereocenters. The van der Waals surface area contributed by atoms with E-state index in [1.807, 2.05) is 6.26 Å². The Morgan fingerprint density at radius 1 is 0.935 bits per heavy atom. The van der Waals surface area contributed by atoms with Gasteiger partial charge in [0.1, 0.15) is 18.1 Å². The Morgan fingerprint density at radius 2 is 1.42 bits per heavy atom. The second-order valence-electron chi connectivity index (χ2n) is 7.26. The molecule has 11 nitrogen and oxygen atoms in total. The Balaban J connectivity index is 5.43. The van der Waals surface area contributed by atoms with Crippen LogP contribution in [0.25, 0.3) is 0 Å². The molecule has 8 N–H and O–H groups in total. The van der Waals surface area contributed by atoms with E-state index in [2.05, 4.69) is 28.6 Å². The van der Waals surface area contributed by atoms with Crippen molar-refractivity contribution >= 4 is 54.0 Å². The first-order chi connectivity index (χ1) is 14.4. The van der Waals surface area contributed by atoms with Crippen LogP contribution in [-0.4, -0.2) is 76.6 Å². The van der Waals surface area contributed by atoms with E-state index in [-0.39, 0.29) is 30.9 Å². The zero-order valence-corrected chi connectivity index (χ0v) is 19.6. The maximum absolute atomic E-state index is 12.8. The van der Waals surface area contributed by atoms with Gasteiger partial charge in [0.05, 0.1) is 6.04 Å². The summed E-state index contributed by atoms with van der Waals surface area (Å²) in [4.78, 5) is 60.0. The van der Waals surface area contributed by atoms with Crippen molar-refractivity contribution < 1.29 is 29.1 Å². The van der Waals surface area contributed by atoms with Crippen molar-refractivity contribution in [2.24, 2.45) is 17.4 Å². The summed E-state index contributed by atoms with van der Waals surface area (Å²) in [5.74, 6) is -3.70. The molecular formula is C18H33N5O6S2. The third-order valence-electron chi connectivity index (χ3n) is 4.37. The number of thiol groups is 1. The molecule has 0 radical (unpaired) electrons. The van der Waals surface area contributed by atoms with Crippen molar-refractivity contribution in [2.45, 2.75) is 57.3 Å². The van der Waals surface area contributed by atoms with E-state index in [1.165, 1.54) is 11.8 Å². The number of rotatable bonds is 15. The Bertz CT molecular complexity index is 649. The molecule has 0 rings (SSSR count). The lowest BCUT2D eigenvalue weighted by Crippen LogP contribution is -2.57. The molecule has 0 aliphatic rings. The van der Waals surface area contributed by atoms with Gasteiger partial charge < -0.3 is 32.5 Å². The molecule has 0 aliphatic heterocycles. The number of amides is 4. The van der Waals surface area contributed by atoms with Crippen molar-refractivity contribution in [2.75, 3.05) is 17.8 Å². The summed E-state index contributed by atoms with van der Waals surface area (Å²) in [6.45, 7) is 3.48. The topological polar surface area (TPSA) is 194 Å². The molecule has 0 aromatic heterocycles. The van der Waals surface area contributed by atoms with Crippen LogP contribution in [0.15, 0.2) is 0 Å². The van der Waals surface area contributed by atoms with Crippen LogP contribution in [0, 0.1) is 5.92 Å². The van der Waals surface area contributed by atoms with Crippen molar-refractivity contribution in [3.8, 4) is 0 Å². The first kappa shape index (κ1) is 29.0. The molecule has 0 aromatic carbocycles. The molecule has 31 heavy (non-hydrogen) atoms. The summed E-state index contributed by atoms with van der Waals surface area (Å²) in [5.41, 5.74) is 11.0. The molecule has 0 saturated carbocycles. The molecule has 0 spiro atoms. The van der Waals surface area contributed by atoms with Crippen molar-refractivity contribution in [1.82, 2.24) is 16.0 Å². The second-order valence-corrected chi connectivity index (χ2v) is 8.61. The highest BCUT2D eigenvalue weighted by Gasteiger charge is 2.30. The van der Waals surface area contributed by atoms with Crippen LogP contribution in [0.2, 0.25) is 0 Å². The standard InChI is InChI=1S/C18H33N5O6S2/c1-9(2)14(20)17(27)22-10(4-5-13(19)24)15(25)21-11(6-7-31-3)16(26)23-12(8-30)18(28)29/h9-12,14,30H,4-8,20H2,1-3H3,(H2,19,24)(H,21,25)(H,22,27)(H,23,26)(H,28,29). The zero-order valence-electron chi connectivity index (χ0n) is 17.9. The maximum atomic E-state index is 12.8. The third-order valence-corrected chi connectivity index (χ3v) is 5.38. The number of hydrogen-bond acceptors (Lipinski definition) is 8. The van der Waals surface area contributed by atoms with E-state index in [1.54, 1.807) is 13.8 Å². The van der Waals surface area contributed by atoms with Crippen LogP contribution < -0.4 is 27.4 Å². The fraction of sp³-hybridized carbons (Fsp3) is 0.722. The van der Waals surface area contributed by atoms with Gasteiger partial charge in [-0.15, -0.1) is 0 Å². The van der Waals surface area contributed by atoms with Crippen LogP contribution in [-0.2, 0) is 24.0 Å². The monoisotopic (exact) mass is 479 g/mol. The Kier molecular flexibility index (Phi) is 14.0. The number of carboxylic acids is 1. The number of hydrogen-bond donors (Lipinski definition) is 7. The highest BCUT2D eigenvalue weighted by Crippen LogP contribution is 2.06. The summed E-state index contributed by atoms with van der Waals surface area (Å²) in [6, 6.07) is -4.28. The van der Waals surface area contributed by atoms with Gasteiger partial charge in [-0.1, -0.05) is 13.8 Å². The summed E-state index contributed by atoms with van der Waals surface area (Å²) in [5, 5.41) is 16.5. The minimum absolute atomic E-state index is 0.0804. The van der Waals surface area contributed by atoms with Crippen LogP contribution >= 0.6 is 24.4 Å². The summed E-state index contributed by atoms with van der Waals surface area (Å²) >= 11 is 5.34. The van der Waals surface area contributed by atoms with Gasteiger partial charge in [0, 0.05) is 12.2 Å². The van der Waals surface area contributed by atoms with Crippen LogP contribution in [0.5, 0.6) is 0 Å². The second kappa shape index (κ2) is 14.9. The fourth-order valence-electron chi connectivity index (χ4n) is 2.36. The highest BCUT2D eigenvalue weighted by atomic mass is 32.2. The normalized spacial score (nSPS) is 14.8. The zero-order chi connectivity index (χ0) is 24.1. The maximum Gasteiger partial charge on any atom is 0.327 e. The largest absolute Gasteiger partial charge is 0.480 e. The number of primary amides is 1. The molecule has 13 heteroatoms. The number of nitrogens with one attached hydrogen (secondary N) is 3. The van der Waals surface area contributed by atoms with Crippen LogP contribution in [0.1, 0.15) is 33.1 Å². The Morgan fingerprint density at radius 3 is 1.84 bits per heavy atom. The molecular weight excluding hydrogens is 446 g/mol. The summed E-state index contributed by atoms with van der Waals surface area (Å²) in [7, 11) is 0. The van der Waals surface area contributed by atoms with Crippen molar-refractivity contribution in [3.63, 3.8) is 0 Å². The first-order valence-electron chi connectivity index (χ1n) is 9.72. The van der Waals surface area contributed by atoms with Crippen molar-refractivity contribution in [3.05, 3.63) is 0 Å². The lowest BCUT2D eigenvalue weighted by atomic mass is 10.0. The molecule has 178 valence electrons. The third kappa shape index (κ3) is 11.3. The van der Waals surface area contributed by atoms with Gasteiger partial charge in [-0.25, -0.2) is 4.79 Å². The fourth-order valence-corrected chi connectivity index (χ4v) is 3.08. The molecule has 0 aliphatic carbocycles. The molecule has 0 heterocycles. The van der Waals surface area contributed by atoms with Gasteiger partial charge in [-0.05, 0) is 30.8 Å². The van der Waals surface area contributed by atoms with Gasteiger partial charge in [0.25, 0.3) is 0 Å². The van der Waals surface area contributed by atoms with Gasteiger partial charge in [-0.2, -0.15) is 24.4 Å². The molecule has 0 aromatic rings. The SMILES string of the molecule is CSCCC(NC(=O)C(CCC(N)=O)NC(=O)C(N)C(C)C)C(=O)NC(CS)C(=O)O.